The first-order chi connectivity index (χ1) is 6.43. The zero-order valence-electron chi connectivity index (χ0n) is 9.59. The molecule has 0 atom stereocenters. The van der Waals surface area contributed by atoms with E-state index >= 15 is 0 Å². The first-order valence-electron chi connectivity index (χ1n) is 5.33. The molecule has 2 nitrogen and oxygen atoms in total. The Kier molecular flexibility index (Phi) is 3.35. The van der Waals surface area contributed by atoms with Crippen LogP contribution in [0.15, 0.2) is 11.8 Å². The highest BCUT2D eigenvalue weighted by Gasteiger charge is 2.33. The Morgan fingerprint density at radius 3 is 2.64 bits per heavy atom. The van der Waals surface area contributed by atoms with Crippen molar-refractivity contribution in [1.29, 1.82) is 0 Å². The molecule has 1 aliphatic rings. The average molecular weight is 196 g/mol. The van der Waals surface area contributed by atoms with Gasteiger partial charge in [-0.15, -0.1) is 0 Å². The van der Waals surface area contributed by atoms with E-state index in [2.05, 4.69) is 0 Å². The van der Waals surface area contributed by atoms with Gasteiger partial charge in [0.2, 0.25) is 0 Å². The molecule has 1 saturated carbocycles. The van der Waals surface area contributed by atoms with Gasteiger partial charge in [-0.3, -0.25) is 4.79 Å². The minimum absolute atomic E-state index is 0.153. The minimum Gasteiger partial charge on any atom is -0.498 e. The van der Waals surface area contributed by atoms with E-state index in [1.165, 1.54) is 0 Å². The van der Waals surface area contributed by atoms with E-state index in [1.807, 2.05) is 27.7 Å². The van der Waals surface area contributed by atoms with Crippen molar-refractivity contribution in [1.82, 2.24) is 0 Å². The van der Waals surface area contributed by atoms with Crippen molar-refractivity contribution in [2.45, 2.75) is 53.1 Å². The molecule has 0 aromatic carbocycles. The van der Waals surface area contributed by atoms with Crippen molar-refractivity contribution < 1.29 is 9.53 Å². The van der Waals surface area contributed by atoms with E-state index in [-0.39, 0.29) is 17.3 Å². The van der Waals surface area contributed by atoms with Gasteiger partial charge in [-0.05, 0) is 33.1 Å². The molecule has 0 aliphatic heterocycles. The molecule has 0 unspecified atom stereocenters. The van der Waals surface area contributed by atoms with Gasteiger partial charge in [-0.1, -0.05) is 13.8 Å². The fourth-order valence-electron chi connectivity index (χ4n) is 1.71. The van der Waals surface area contributed by atoms with Gasteiger partial charge in [0.05, 0.1) is 12.4 Å². The summed E-state index contributed by atoms with van der Waals surface area (Å²) in [5.74, 6) is 0.254. The van der Waals surface area contributed by atoms with E-state index in [9.17, 15) is 4.79 Å². The molecule has 1 rings (SSSR count). The van der Waals surface area contributed by atoms with Crippen LogP contribution in [0.4, 0.5) is 0 Å². The summed E-state index contributed by atoms with van der Waals surface area (Å²) in [6.45, 7) is 7.96. The highest BCUT2D eigenvalue weighted by atomic mass is 16.5. The zero-order valence-corrected chi connectivity index (χ0v) is 9.59. The van der Waals surface area contributed by atoms with Crippen LogP contribution in [0.5, 0.6) is 0 Å². The molecule has 0 spiro atoms. The molecule has 2 heteroatoms. The second-order valence-corrected chi connectivity index (χ2v) is 4.89. The molecular formula is C12H20O2. The molecule has 0 heterocycles. The van der Waals surface area contributed by atoms with Gasteiger partial charge < -0.3 is 4.74 Å². The third-order valence-corrected chi connectivity index (χ3v) is 2.64. The molecule has 0 aromatic heterocycles. The summed E-state index contributed by atoms with van der Waals surface area (Å²) in [6, 6.07) is 0. The second kappa shape index (κ2) is 4.16. The summed E-state index contributed by atoms with van der Waals surface area (Å²) in [5.41, 5.74) is 0.666. The van der Waals surface area contributed by atoms with Crippen LogP contribution in [0.3, 0.4) is 0 Å². The van der Waals surface area contributed by atoms with Gasteiger partial charge in [-0.2, -0.15) is 0 Å². The topological polar surface area (TPSA) is 26.3 Å². The SMILES string of the molecule is CC(C)O/C=C1\CCCC(C)(C)C1=O. The molecule has 1 aliphatic carbocycles. The maximum absolute atomic E-state index is 11.9. The molecule has 0 amide bonds. The highest BCUT2D eigenvalue weighted by Crippen LogP contribution is 2.34. The first-order valence-corrected chi connectivity index (χ1v) is 5.33. The van der Waals surface area contributed by atoms with Gasteiger partial charge >= 0.3 is 0 Å². The Hall–Kier alpha value is -0.790. The fraction of sp³-hybridized carbons (Fsp3) is 0.750. The van der Waals surface area contributed by atoms with Crippen molar-refractivity contribution in [3.05, 3.63) is 11.8 Å². The monoisotopic (exact) mass is 196 g/mol. The number of hydrogen-bond donors (Lipinski definition) is 0. The minimum atomic E-state index is -0.190. The maximum Gasteiger partial charge on any atom is 0.167 e. The zero-order chi connectivity index (χ0) is 10.8. The molecule has 14 heavy (non-hydrogen) atoms. The van der Waals surface area contributed by atoms with Crippen LogP contribution in [0.25, 0.3) is 0 Å². The number of carbonyl (C=O) groups is 1. The lowest BCUT2D eigenvalue weighted by molar-refractivity contribution is -0.125. The fourth-order valence-corrected chi connectivity index (χ4v) is 1.71. The summed E-state index contributed by atoms with van der Waals surface area (Å²) in [4.78, 5) is 11.9. The average Bonchev–Trinajstić information content (AvgIpc) is 2.07. The number of carbonyl (C=O) groups excluding carboxylic acids is 1. The second-order valence-electron chi connectivity index (χ2n) is 4.89. The molecule has 80 valence electrons. The molecule has 1 fully saturated rings. The number of Topliss-reactive ketones (excluding diaryl/α,β-unsaturated/α-hetero) is 1. The summed E-state index contributed by atoms with van der Waals surface area (Å²) < 4.78 is 5.36. The van der Waals surface area contributed by atoms with Crippen molar-refractivity contribution >= 4 is 5.78 Å². The van der Waals surface area contributed by atoms with Gasteiger partial charge in [0.1, 0.15) is 0 Å². The van der Waals surface area contributed by atoms with Crippen molar-refractivity contribution in [2.24, 2.45) is 5.41 Å². The molecule has 0 saturated heterocycles. The van der Waals surface area contributed by atoms with Gasteiger partial charge in [-0.25, -0.2) is 0 Å². The van der Waals surface area contributed by atoms with Crippen LogP contribution >= 0.6 is 0 Å². The van der Waals surface area contributed by atoms with E-state index in [1.54, 1.807) is 6.26 Å². The van der Waals surface area contributed by atoms with E-state index in [0.29, 0.717) is 0 Å². The lowest BCUT2D eigenvalue weighted by Crippen LogP contribution is -2.29. The summed E-state index contributed by atoms with van der Waals surface area (Å²) in [7, 11) is 0. The molecule has 0 aromatic rings. The Balaban J connectivity index is 2.70. The smallest absolute Gasteiger partial charge is 0.167 e. The number of hydrogen-bond acceptors (Lipinski definition) is 2. The molecule has 0 radical (unpaired) electrons. The largest absolute Gasteiger partial charge is 0.498 e. The van der Waals surface area contributed by atoms with E-state index in [0.717, 1.165) is 24.8 Å². The van der Waals surface area contributed by atoms with E-state index in [4.69, 9.17) is 4.74 Å². The van der Waals surface area contributed by atoms with Crippen LogP contribution < -0.4 is 0 Å². The quantitative estimate of drug-likeness (QED) is 0.501. The van der Waals surface area contributed by atoms with Gasteiger partial charge in [0.25, 0.3) is 0 Å². The molecule has 0 bridgehead atoms. The third-order valence-electron chi connectivity index (χ3n) is 2.64. The maximum atomic E-state index is 11.9. The van der Waals surface area contributed by atoms with Crippen LogP contribution in [-0.2, 0) is 9.53 Å². The number of ketones is 1. The van der Waals surface area contributed by atoms with E-state index < -0.39 is 0 Å². The summed E-state index contributed by atoms with van der Waals surface area (Å²) >= 11 is 0. The lowest BCUT2D eigenvalue weighted by atomic mass is 9.74. The normalized spacial score (nSPS) is 24.4. The molecule has 0 N–H and O–H groups in total. The van der Waals surface area contributed by atoms with Crippen molar-refractivity contribution in [2.75, 3.05) is 0 Å². The standard InChI is InChI=1S/C12H20O2/c1-9(2)14-8-10-6-5-7-12(3,4)11(10)13/h8-9H,5-7H2,1-4H3/b10-8+. The predicted octanol–water partition coefficient (Wildman–Crippen LogP) is 3.07. The van der Waals surface area contributed by atoms with Crippen molar-refractivity contribution in [3.8, 4) is 0 Å². The number of ether oxygens (including phenoxy) is 1. The predicted molar refractivity (Wildman–Crippen MR) is 56.9 cm³/mol. The van der Waals surface area contributed by atoms with Crippen LogP contribution in [-0.4, -0.2) is 11.9 Å². The van der Waals surface area contributed by atoms with Crippen LogP contribution in [0.2, 0.25) is 0 Å². The first kappa shape index (κ1) is 11.3. The Labute approximate surface area is 86.3 Å². The Morgan fingerprint density at radius 1 is 1.43 bits per heavy atom. The van der Waals surface area contributed by atoms with Crippen LogP contribution in [0.1, 0.15) is 47.0 Å². The van der Waals surface area contributed by atoms with Gasteiger partial charge in [0, 0.05) is 11.0 Å². The highest BCUT2D eigenvalue weighted by molar-refractivity contribution is 5.99. The van der Waals surface area contributed by atoms with Gasteiger partial charge in [0.15, 0.2) is 5.78 Å². The Morgan fingerprint density at radius 2 is 2.07 bits per heavy atom. The third kappa shape index (κ3) is 2.60. The lowest BCUT2D eigenvalue weighted by Gasteiger charge is -2.29. The Bertz CT molecular complexity index is 249. The number of rotatable bonds is 2. The van der Waals surface area contributed by atoms with Crippen molar-refractivity contribution in [3.63, 3.8) is 0 Å². The summed E-state index contributed by atoms with van der Waals surface area (Å²) in [5, 5.41) is 0. The summed E-state index contributed by atoms with van der Waals surface area (Å²) in [6.07, 6.45) is 4.76. The molecular weight excluding hydrogens is 176 g/mol. The number of allylic oxidation sites excluding steroid dienone is 1. The van der Waals surface area contributed by atoms with Crippen LogP contribution in [0, 0.1) is 5.41 Å².